The number of hydrogen-bond donors (Lipinski definition) is 1. The van der Waals surface area contributed by atoms with Crippen molar-refractivity contribution in [3.05, 3.63) is 78.6 Å². The first-order valence-corrected chi connectivity index (χ1v) is 5.90. The minimum Gasteiger partial charge on any atom is -0.499 e. The Morgan fingerprint density at radius 1 is 1.00 bits per heavy atom. The fraction of sp³-hybridized carbons (Fsp3) is 0.125. The van der Waals surface area contributed by atoms with E-state index in [2.05, 4.69) is 24.0 Å². The van der Waals surface area contributed by atoms with E-state index >= 15 is 0 Å². The van der Waals surface area contributed by atoms with Crippen LogP contribution in [0.25, 0.3) is 0 Å². The van der Waals surface area contributed by atoms with Gasteiger partial charge < -0.3 is 10.1 Å². The normalized spacial score (nSPS) is 11.6. The molecule has 0 fully saturated rings. The molecule has 0 aliphatic rings. The van der Waals surface area contributed by atoms with Crippen LogP contribution in [-0.2, 0) is 4.74 Å². The molecule has 2 heteroatoms. The number of nitrogens with one attached hydrogen (secondary N) is 1. The zero-order valence-electron chi connectivity index (χ0n) is 10.5. The largest absolute Gasteiger partial charge is 0.499 e. The van der Waals surface area contributed by atoms with Crippen LogP contribution in [0, 0.1) is 0 Å². The van der Waals surface area contributed by atoms with E-state index in [1.54, 1.807) is 7.11 Å². The van der Waals surface area contributed by atoms with Gasteiger partial charge >= 0.3 is 0 Å². The highest BCUT2D eigenvalue weighted by molar-refractivity contribution is 5.47. The van der Waals surface area contributed by atoms with E-state index < -0.39 is 0 Å². The highest BCUT2D eigenvalue weighted by Gasteiger charge is 2.15. The molecule has 1 unspecified atom stereocenters. The van der Waals surface area contributed by atoms with E-state index in [0.29, 0.717) is 5.76 Å². The second-order valence-electron chi connectivity index (χ2n) is 4.02. The third-order valence-electron chi connectivity index (χ3n) is 2.80. The van der Waals surface area contributed by atoms with Crippen molar-refractivity contribution < 1.29 is 4.74 Å². The van der Waals surface area contributed by atoms with Crippen LogP contribution in [-0.4, -0.2) is 7.11 Å². The van der Waals surface area contributed by atoms with E-state index in [-0.39, 0.29) is 6.04 Å². The summed E-state index contributed by atoms with van der Waals surface area (Å²) in [5.41, 5.74) is 2.18. The molecule has 0 aromatic heterocycles. The second-order valence-corrected chi connectivity index (χ2v) is 4.02. The van der Waals surface area contributed by atoms with E-state index in [4.69, 9.17) is 4.74 Å². The van der Waals surface area contributed by atoms with Crippen LogP contribution in [0.1, 0.15) is 11.6 Å². The molecule has 0 radical (unpaired) electrons. The smallest absolute Gasteiger partial charge is 0.115 e. The Balaban J connectivity index is 2.24. The maximum absolute atomic E-state index is 5.28. The first-order valence-electron chi connectivity index (χ1n) is 5.90. The van der Waals surface area contributed by atoms with Gasteiger partial charge in [-0.25, -0.2) is 0 Å². The standard InChI is InChI=1S/C16H17NO/c1-13(18-2)16(14-9-5-3-6-10-14)17-15-11-7-4-8-12-15/h3-12,16-17H,1H2,2H3. The lowest BCUT2D eigenvalue weighted by Gasteiger charge is -2.21. The Kier molecular flexibility index (Phi) is 4.02. The molecule has 0 spiro atoms. The van der Waals surface area contributed by atoms with Crippen LogP contribution >= 0.6 is 0 Å². The maximum atomic E-state index is 5.28. The van der Waals surface area contributed by atoms with Gasteiger partial charge in [0, 0.05) is 5.69 Å². The molecule has 0 heterocycles. The molecule has 18 heavy (non-hydrogen) atoms. The zero-order valence-corrected chi connectivity index (χ0v) is 10.5. The third kappa shape index (κ3) is 2.92. The summed E-state index contributed by atoms with van der Waals surface area (Å²) in [5.74, 6) is 0.699. The van der Waals surface area contributed by atoms with Gasteiger partial charge in [-0.2, -0.15) is 0 Å². The van der Waals surface area contributed by atoms with Gasteiger partial charge in [-0.3, -0.25) is 0 Å². The summed E-state index contributed by atoms with van der Waals surface area (Å²) >= 11 is 0. The van der Waals surface area contributed by atoms with Crippen LogP contribution in [0.5, 0.6) is 0 Å². The minimum absolute atomic E-state index is 0.0430. The average Bonchev–Trinajstić information content (AvgIpc) is 2.46. The lowest BCUT2D eigenvalue weighted by molar-refractivity contribution is 0.272. The van der Waals surface area contributed by atoms with Gasteiger partial charge in [-0.1, -0.05) is 55.1 Å². The molecular weight excluding hydrogens is 222 g/mol. The van der Waals surface area contributed by atoms with E-state index in [1.165, 1.54) is 0 Å². The molecule has 0 bridgehead atoms. The second kappa shape index (κ2) is 5.92. The summed E-state index contributed by atoms with van der Waals surface area (Å²) < 4.78 is 5.28. The summed E-state index contributed by atoms with van der Waals surface area (Å²) in [7, 11) is 1.64. The SMILES string of the molecule is C=C(OC)C(Nc1ccccc1)c1ccccc1. The maximum Gasteiger partial charge on any atom is 0.115 e. The van der Waals surface area contributed by atoms with Gasteiger partial charge in [0.15, 0.2) is 0 Å². The number of para-hydroxylation sites is 1. The molecular formula is C16H17NO. The number of ether oxygens (including phenoxy) is 1. The number of methoxy groups -OCH3 is 1. The van der Waals surface area contributed by atoms with E-state index in [0.717, 1.165) is 11.3 Å². The van der Waals surface area contributed by atoms with Crippen molar-refractivity contribution in [2.45, 2.75) is 6.04 Å². The molecule has 0 amide bonds. The third-order valence-corrected chi connectivity index (χ3v) is 2.80. The Morgan fingerprint density at radius 3 is 2.11 bits per heavy atom. The predicted molar refractivity (Wildman–Crippen MR) is 75.4 cm³/mol. The van der Waals surface area contributed by atoms with Gasteiger partial charge in [-0.15, -0.1) is 0 Å². The van der Waals surface area contributed by atoms with Crippen LogP contribution < -0.4 is 5.32 Å². The number of rotatable bonds is 5. The van der Waals surface area contributed by atoms with Crippen LogP contribution in [0.4, 0.5) is 5.69 Å². The summed E-state index contributed by atoms with van der Waals surface area (Å²) in [6.07, 6.45) is 0. The first kappa shape index (κ1) is 12.2. The Labute approximate surface area is 108 Å². The highest BCUT2D eigenvalue weighted by Crippen LogP contribution is 2.25. The quantitative estimate of drug-likeness (QED) is 0.796. The summed E-state index contributed by atoms with van der Waals surface area (Å²) in [6, 6.07) is 20.1. The highest BCUT2D eigenvalue weighted by atomic mass is 16.5. The molecule has 2 aromatic carbocycles. The van der Waals surface area contributed by atoms with Gasteiger partial charge in [0.2, 0.25) is 0 Å². The van der Waals surface area contributed by atoms with Gasteiger partial charge in [0.05, 0.1) is 7.11 Å². The van der Waals surface area contributed by atoms with Crippen molar-refractivity contribution in [1.29, 1.82) is 0 Å². The zero-order chi connectivity index (χ0) is 12.8. The van der Waals surface area contributed by atoms with Crippen molar-refractivity contribution in [2.24, 2.45) is 0 Å². The molecule has 0 saturated heterocycles. The molecule has 0 saturated carbocycles. The van der Waals surface area contributed by atoms with Crippen LogP contribution in [0.15, 0.2) is 73.0 Å². The number of anilines is 1. The summed E-state index contributed by atoms with van der Waals surface area (Å²) in [4.78, 5) is 0. The fourth-order valence-electron chi connectivity index (χ4n) is 1.81. The Morgan fingerprint density at radius 2 is 1.56 bits per heavy atom. The molecule has 1 atom stereocenters. The Hall–Kier alpha value is -2.22. The minimum atomic E-state index is -0.0430. The number of hydrogen-bond acceptors (Lipinski definition) is 2. The topological polar surface area (TPSA) is 21.3 Å². The van der Waals surface area contributed by atoms with Crippen molar-refractivity contribution in [3.8, 4) is 0 Å². The van der Waals surface area contributed by atoms with Gasteiger partial charge in [0.25, 0.3) is 0 Å². The average molecular weight is 239 g/mol. The summed E-state index contributed by atoms with van der Waals surface area (Å²) in [5, 5.41) is 3.42. The molecule has 2 aromatic rings. The fourth-order valence-corrected chi connectivity index (χ4v) is 1.81. The molecule has 92 valence electrons. The molecule has 2 nitrogen and oxygen atoms in total. The summed E-state index contributed by atoms with van der Waals surface area (Å²) in [6.45, 7) is 3.96. The van der Waals surface area contributed by atoms with Crippen molar-refractivity contribution in [2.75, 3.05) is 12.4 Å². The molecule has 1 N–H and O–H groups in total. The Bertz CT molecular complexity index is 493. The monoisotopic (exact) mass is 239 g/mol. The van der Waals surface area contributed by atoms with Gasteiger partial charge in [0.1, 0.15) is 11.8 Å². The van der Waals surface area contributed by atoms with Gasteiger partial charge in [-0.05, 0) is 17.7 Å². The number of benzene rings is 2. The lowest BCUT2D eigenvalue weighted by atomic mass is 10.1. The van der Waals surface area contributed by atoms with Crippen molar-refractivity contribution in [1.82, 2.24) is 0 Å². The van der Waals surface area contributed by atoms with Crippen molar-refractivity contribution >= 4 is 5.69 Å². The van der Waals surface area contributed by atoms with Crippen LogP contribution in [0.3, 0.4) is 0 Å². The van der Waals surface area contributed by atoms with E-state index in [9.17, 15) is 0 Å². The predicted octanol–water partition coefficient (Wildman–Crippen LogP) is 4.00. The molecule has 2 rings (SSSR count). The first-order chi connectivity index (χ1) is 8.81. The van der Waals surface area contributed by atoms with E-state index in [1.807, 2.05) is 48.5 Å². The van der Waals surface area contributed by atoms with Crippen molar-refractivity contribution in [3.63, 3.8) is 0 Å². The van der Waals surface area contributed by atoms with Crippen LogP contribution in [0.2, 0.25) is 0 Å². The lowest BCUT2D eigenvalue weighted by Crippen LogP contribution is -2.13. The molecule has 0 aliphatic heterocycles. The molecule has 0 aliphatic carbocycles.